The Hall–Kier alpha value is -1.84. The lowest BCUT2D eigenvalue weighted by Gasteiger charge is -2.15. The molecule has 0 radical (unpaired) electrons. The highest BCUT2D eigenvalue weighted by Gasteiger charge is 2.10. The van der Waals surface area contributed by atoms with Crippen LogP contribution in [0.2, 0.25) is 0 Å². The van der Waals surface area contributed by atoms with E-state index >= 15 is 0 Å². The number of hydrogen-bond acceptors (Lipinski definition) is 2. The molecule has 3 nitrogen and oxygen atoms in total. The monoisotopic (exact) mass is 346 g/mol. The van der Waals surface area contributed by atoms with Gasteiger partial charge in [0.05, 0.1) is 0 Å². The lowest BCUT2D eigenvalue weighted by molar-refractivity contribution is 0.0940. The van der Waals surface area contributed by atoms with Crippen molar-refractivity contribution < 1.29 is 4.79 Å². The summed E-state index contributed by atoms with van der Waals surface area (Å²) >= 11 is 0. The number of hydrogen-bond donors (Lipinski definition) is 2. The molecule has 0 spiro atoms. The summed E-state index contributed by atoms with van der Waals surface area (Å²) < 4.78 is 0. The van der Waals surface area contributed by atoms with Gasteiger partial charge in [-0.2, -0.15) is 0 Å². The van der Waals surface area contributed by atoms with Crippen molar-refractivity contribution in [3.63, 3.8) is 0 Å². The summed E-state index contributed by atoms with van der Waals surface area (Å²) in [5, 5.41) is 3.05. The summed E-state index contributed by atoms with van der Waals surface area (Å²) in [6.07, 6.45) is 0.824. The first-order valence-electron chi connectivity index (χ1n) is 8.18. The van der Waals surface area contributed by atoms with Crippen molar-refractivity contribution in [1.82, 2.24) is 5.32 Å². The molecule has 0 aliphatic rings. The van der Waals surface area contributed by atoms with Crippen LogP contribution in [-0.4, -0.2) is 11.9 Å². The summed E-state index contributed by atoms with van der Waals surface area (Å²) in [5.74, 6) is 0.498. The van der Waals surface area contributed by atoms with E-state index < -0.39 is 0 Å². The van der Waals surface area contributed by atoms with Crippen molar-refractivity contribution in [2.24, 2.45) is 5.73 Å². The predicted octanol–water partition coefficient (Wildman–Crippen LogP) is 4.05. The lowest BCUT2D eigenvalue weighted by Crippen LogP contribution is -2.34. The maximum absolute atomic E-state index is 12.2. The van der Waals surface area contributed by atoms with Crippen molar-refractivity contribution >= 4 is 18.3 Å². The van der Waals surface area contributed by atoms with E-state index in [0.717, 1.165) is 12.0 Å². The van der Waals surface area contributed by atoms with Crippen LogP contribution < -0.4 is 11.1 Å². The SMILES string of the molecule is CC(Cc1ccc(C(C)C)cc1)NC(=O)c1ccc(CN)cc1.Cl. The van der Waals surface area contributed by atoms with Crippen molar-refractivity contribution in [2.75, 3.05) is 0 Å². The summed E-state index contributed by atoms with van der Waals surface area (Å²) in [4.78, 5) is 12.2. The molecule has 0 aromatic heterocycles. The molecule has 3 N–H and O–H groups in total. The van der Waals surface area contributed by atoms with E-state index in [-0.39, 0.29) is 24.4 Å². The Kier molecular flexibility index (Phi) is 7.96. The predicted molar refractivity (Wildman–Crippen MR) is 103 cm³/mol. The highest BCUT2D eigenvalue weighted by Crippen LogP contribution is 2.15. The fourth-order valence-electron chi connectivity index (χ4n) is 2.54. The third kappa shape index (κ3) is 5.66. The second kappa shape index (κ2) is 9.45. The molecule has 2 aromatic rings. The molecule has 0 aliphatic heterocycles. The standard InChI is InChI=1S/C20H26N2O.ClH/c1-14(2)18-8-4-16(5-9-18)12-15(3)22-20(23)19-10-6-17(13-21)7-11-19;/h4-11,14-15H,12-13,21H2,1-3H3,(H,22,23);1H. The van der Waals surface area contributed by atoms with Crippen LogP contribution in [0.3, 0.4) is 0 Å². The van der Waals surface area contributed by atoms with E-state index in [4.69, 9.17) is 5.73 Å². The smallest absolute Gasteiger partial charge is 0.251 e. The van der Waals surface area contributed by atoms with Gasteiger partial charge in [-0.15, -0.1) is 12.4 Å². The Balaban J connectivity index is 0.00000288. The van der Waals surface area contributed by atoms with E-state index in [9.17, 15) is 4.79 Å². The highest BCUT2D eigenvalue weighted by atomic mass is 35.5. The van der Waals surface area contributed by atoms with Crippen LogP contribution in [0.4, 0.5) is 0 Å². The molecule has 1 amide bonds. The number of nitrogens with two attached hydrogens (primary N) is 1. The molecule has 2 rings (SSSR count). The average Bonchev–Trinajstić information content (AvgIpc) is 2.55. The topological polar surface area (TPSA) is 55.1 Å². The molecule has 0 saturated carbocycles. The average molecular weight is 347 g/mol. The molecule has 1 atom stereocenters. The van der Waals surface area contributed by atoms with Crippen molar-refractivity contribution in [2.45, 2.75) is 45.7 Å². The Morgan fingerprint density at radius 3 is 2.00 bits per heavy atom. The van der Waals surface area contributed by atoms with E-state index in [2.05, 4.69) is 43.4 Å². The largest absolute Gasteiger partial charge is 0.349 e. The molecule has 1 unspecified atom stereocenters. The second-order valence-electron chi connectivity index (χ2n) is 6.38. The summed E-state index contributed by atoms with van der Waals surface area (Å²) in [6.45, 7) is 6.90. The van der Waals surface area contributed by atoms with Gasteiger partial charge >= 0.3 is 0 Å². The fraction of sp³-hybridized carbons (Fsp3) is 0.350. The van der Waals surface area contributed by atoms with Crippen LogP contribution in [0.15, 0.2) is 48.5 Å². The van der Waals surface area contributed by atoms with E-state index in [1.54, 1.807) is 0 Å². The molecule has 24 heavy (non-hydrogen) atoms. The van der Waals surface area contributed by atoms with Gasteiger partial charge in [-0.1, -0.05) is 50.2 Å². The van der Waals surface area contributed by atoms with E-state index in [1.165, 1.54) is 11.1 Å². The van der Waals surface area contributed by atoms with Crippen LogP contribution >= 0.6 is 12.4 Å². The van der Waals surface area contributed by atoms with Crippen LogP contribution in [0.25, 0.3) is 0 Å². The minimum atomic E-state index is -0.0418. The Labute approximate surface area is 151 Å². The molecule has 0 heterocycles. The zero-order chi connectivity index (χ0) is 16.8. The van der Waals surface area contributed by atoms with E-state index in [0.29, 0.717) is 18.0 Å². The van der Waals surface area contributed by atoms with Gasteiger partial charge in [-0.25, -0.2) is 0 Å². The number of nitrogens with one attached hydrogen (secondary N) is 1. The van der Waals surface area contributed by atoms with Crippen LogP contribution in [0.1, 0.15) is 53.7 Å². The number of halogens is 1. The van der Waals surface area contributed by atoms with Gasteiger partial charge in [0, 0.05) is 18.2 Å². The van der Waals surface area contributed by atoms with Gasteiger partial charge in [0.2, 0.25) is 0 Å². The molecule has 130 valence electrons. The van der Waals surface area contributed by atoms with Crippen molar-refractivity contribution in [3.05, 3.63) is 70.8 Å². The van der Waals surface area contributed by atoms with Gasteiger partial charge in [0.15, 0.2) is 0 Å². The number of amides is 1. The zero-order valence-corrected chi connectivity index (χ0v) is 15.4. The van der Waals surface area contributed by atoms with Gasteiger partial charge in [0.1, 0.15) is 0 Å². The molecule has 0 saturated heterocycles. The Morgan fingerprint density at radius 2 is 1.50 bits per heavy atom. The maximum atomic E-state index is 12.2. The lowest BCUT2D eigenvalue weighted by atomic mass is 9.99. The third-order valence-corrected chi connectivity index (χ3v) is 4.02. The van der Waals surface area contributed by atoms with Crippen LogP contribution in [0, 0.1) is 0 Å². The maximum Gasteiger partial charge on any atom is 0.251 e. The summed E-state index contributed by atoms with van der Waals surface area (Å²) in [6, 6.07) is 16.1. The number of benzene rings is 2. The molecular formula is C20H27ClN2O. The van der Waals surface area contributed by atoms with Gasteiger partial charge < -0.3 is 11.1 Å². The minimum Gasteiger partial charge on any atom is -0.349 e. The first-order valence-corrected chi connectivity index (χ1v) is 8.18. The summed E-state index contributed by atoms with van der Waals surface area (Å²) in [5.41, 5.74) is 9.84. The van der Waals surface area contributed by atoms with Crippen LogP contribution in [-0.2, 0) is 13.0 Å². The minimum absolute atomic E-state index is 0. The van der Waals surface area contributed by atoms with Gasteiger partial charge in [0.25, 0.3) is 5.91 Å². The Morgan fingerprint density at radius 1 is 0.958 bits per heavy atom. The number of carbonyl (C=O) groups is 1. The molecule has 0 aliphatic carbocycles. The van der Waals surface area contributed by atoms with Crippen molar-refractivity contribution in [3.8, 4) is 0 Å². The molecule has 0 fully saturated rings. The molecule has 4 heteroatoms. The Bertz CT molecular complexity index is 636. The van der Waals surface area contributed by atoms with Crippen LogP contribution in [0.5, 0.6) is 0 Å². The highest BCUT2D eigenvalue weighted by molar-refractivity contribution is 5.94. The zero-order valence-electron chi connectivity index (χ0n) is 14.6. The first kappa shape index (κ1) is 20.2. The molecule has 2 aromatic carbocycles. The molecular weight excluding hydrogens is 320 g/mol. The normalized spacial score (nSPS) is 11.7. The third-order valence-electron chi connectivity index (χ3n) is 4.02. The molecule has 0 bridgehead atoms. The van der Waals surface area contributed by atoms with Gasteiger partial charge in [-0.05, 0) is 48.1 Å². The van der Waals surface area contributed by atoms with Crippen molar-refractivity contribution in [1.29, 1.82) is 0 Å². The van der Waals surface area contributed by atoms with Gasteiger partial charge in [-0.3, -0.25) is 4.79 Å². The van der Waals surface area contributed by atoms with E-state index in [1.807, 2.05) is 31.2 Å². The number of carbonyl (C=O) groups excluding carboxylic acids is 1. The second-order valence-corrected chi connectivity index (χ2v) is 6.38. The fourth-order valence-corrected chi connectivity index (χ4v) is 2.54. The quantitative estimate of drug-likeness (QED) is 0.829. The summed E-state index contributed by atoms with van der Waals surface area (Å²) in [7, 11) is 0. The number of rotatable bonds is 6. The first-order chi connectivity index (χ1) is 11.0.